The van der Waals surface area contributed by atoms with Crippen LogP contribution in [0.4, 0.5) is 0 Å². The molecule has 0 spiro atoms. The Labute approximate surface area is 265 Å². The summed E-state index contributed by atoms with van der Waals surface area (Å²) in [5.74, 6) is -2.57. The molecule has 1 aliphatic heterocycles. The zero-order chi connectivity index (χ0) is 32.2. The van der Waals surface area contributed by atoms with Crippen LogP contribution in [0.1, 0.15) is 29.7 Å². The number of nitrogens with zero attached hydrogens (tertiary/aromatic N) is 2. The van der Waals surface area contributed by atoms with Gasteiger partial charge in [-0.05, 0) is 47.9 Å². The molecule has 0 fully saturated rings. The minimum absolute atomic E-state index is 0.0625. The van der Waals surface area contributed by atoms with E-state index in [1.807, 2.05) is 60.7 Å². The molecule has 0 aliphatic carbocycles. The Morgan fingerprint density at radius 1 is 1.00 bits per heavy atom. The Hall–Kier alpha value is -5.48. The molecule has 0 unspecified atom stereocenters. The predicted molar refractivity (Wildman–Crippen MR) is 175 cm³/mol. The number of hydrogen-bond acceptors (Lipinski definition) is 6. The average molecular weight is 622 g/mol. The molecule has 0 radical (unpaired) electrons. The van der Waals surface area contributed by atoms with Crippen LogP contribution >= 0.6 is 11.8 Å². The number of carbonyl (C=O) groups excluding carboxylic acids is 3. The first-order chi connectivity index (χ1) is 21.8. The van der Waals surface area contributed by atoms with E-state index < -0.39 is 30.4 Å². The van der Waals surface area contributed by atoms with E-state index in [0.717, 1.165) is 22.9 Å². The second-order valence-electron chi connectivity index (χ2n) is 9.57. The normalized spacial score (nSPS) is 14.5. The highest BCUT2D eigenvalue weighted by atomic mass is 32.2. The van der Waals surface area contributed by atoms with E-state index in [4.69, 9.17) is 9.84 Å². The number of benzene rings is 3. The number of carboxylic acids is 1. The zero-order valence-corrected chi connectivity index (χ0v) is 25.3. The van der Waals surface area contributed by atoms with E-state index >= 15 is 0 Å². The molecule has 3 amide bonds. The Bertz CT molecular complexity index is 1640. The lowest BCUT2D eigenvalue weighted by molar-refractivity contribution is -0.139. The van der Waals surface area contributed by atoms with Crippen LogP contribution in [-0.2, 0) is 19.2 Å². The molecule has 0 saturated heterocycles. The van der Waals surface area contributed by atoms with Crippen LogP contribution in [0.15, 0.2) is 132 Å². The fraction of sp³-hybridized carbons (Fsp3) is 0.114. The summed E-state index contributed by atoms with van der Waals surface area (Å²) in [5, 5.41) is 11.9. The third-order valence-corrected chi connectivity index (χ3v) is 7.40. The van der Waals surface area contributed by atoms with Crippen LogP contribution in [0.2, 0.25) is 0 Å². The Balaban J connectivity index is 1.58. The number of allylic oxidation sites excluding steroid dienone is 4. The quantitative estimate of drug-likeness (QED) is 0.155. The number of hydrogen-bond donors (Lipinski definition) is 2. The van der Waals surface area contributed by atoms with Gasteiger partial charge in [-0.15, -0.1) is 0 Å². The monoisotopic (exact) mass is 621 g/mol. The molecular formula is C35H31N3O6S. The lowest BCUT2D eigenvalue weighted by Gasteiger charge is -2.28. The number of carboxylic acid groups (broad SMARTS) is 1. The van der Waals surface area contributed by atoms with Crippen LogP contribution < -0.4 is 10.1 Å². The summed E-state index contributed by atoms with van der Waals surface area (Å²) in [5.41, 5.74) is 2.59. The Morgan fingerprint density at radius 2 is 1.62 bits per heavy atom. The molecule has 1 heterocycles. The Morgan fingerprint density at radius 3 is 2.18 bits per heavy atom. The maximum atomic E-state index is 13.8. The van der Waals surface area contributed by atoms with E-state index in [2.05, 4.69) is 16.9 Å². The molecule has 10 heteroatoms. The summed E-state index contributed by atoms with van der Waals surface area (Å²) < 4.78 is 5.15. The first kappa shape index (κ1) is 32.4. The van der Waals surface area contributed by atoms with Gasteiger partial charge in [0, 0.05) is 5.70 Å². The van der Waals surface area contributed by atoms with Gasteiger partial charge in [-0.2, -0.15) is 4.99 Å². The highest BCUT2D eigenvalue weighted by Gasteiger charge is 2.35. The first-order valence-corrected chi connectivity index (χ1v) is 14.9. The third kappa shape index (κ3) is 8.77. The fourth-order valence-electron chi connectivity index (χ4n) is 4.37. The molecule has 45 heavy (non-hydrogen) atoms. The minimum Gasteiger partial charge on any atom is -0.482 e. The molecule has 9 nitrogen and oxygen atoms in total. The molecule has 4 rings (SSSR count). The van der Waals surface area contributed by atoms with Gasteiger partial charge < -0.3 is 15.2 Å². The number of carbonyl (C=O) groups is 4. The third-order valence-electron chi connectivity index (χ3n) is 6.47. The molecule has 1 aliphatic rings. The molecule has 2 N–H and O–H groups in total. The summed E-state index contributed by atoms with van der Waals surface area (Å²) in [6.07, 6.45) is 7.96. The zero-order valence-electron chi connectivity index (χ0n) is 24.5. The van der Waals surface area contributed by atoms with Crippen LogP contribution in [0.25, 0.3) is 6.08 Å². The van der Waals surface area contributed by atoms with Gasteiger partial charge in [0.1, 0.15) is 11.3 Å². The Kier molecular flexibility index (Phi) is 11.4. The van der Waals surface area contributed by atoms with Crippen LogP contribution in [0.3, 0.4) is 0 Å². The number of aliphatic imine (C=N–C) groups is 1. The topological polar surface area (TPSA) is 125 Å². The lowest BCUT2D eigenvalue weighted by Crippen LogP contribution is -2.42. The smallest absolute Gasteiger partial charge is 0.341 e. The van der Waals surface area contributed by atoms with Gasteiger partial charge in [-0.25, -0.2) is 4.79 Å². The van der Waals surface area contributed by atoms with E-state index in [-0.39, 0.29) is 22.4 Å². The van der Waals surface area contributed by atoms with Gasteiger partial charge in [0.2, 0.25) is 5.91 Å². The molecule has 3 aromatic carbocycles. The standard InChI is InChI=1S/C35H31N3O6S/c1-3-5-16-27(4-2)38-34(43)29(21-24-17-19-28(20-18-24)44-22-31(40)41)33(42)37-35(38)45-23-30(39)36-32(25-12-8-6-9-13-25)26-14-10-7-11-15-26/h3-21,32H,1,22-23H2,2H3,(H,36,39)(H,40,41)/b16-5-,27-4+,29-21+. The van der Waals surface area contributed by atoms with Gasteiger partial charge in [0.05, 0.1) is 11.8 Å². The summed E-state index contributed by atoms with van der Waals surface area (Å²) in [7, 11) is 0. The molecule has 0 saturated carbocycles. The number of amides is 3. The van der Waals surface area contributed by atoms with Crippen molar-refractivity contribution >= 4 is 46.7 Å². The fourth-order valence-corrected chi connectivity index (χ4v) is 5.17. The maximum absolute atomic E-state index is 13.8. The van der Waals surface area contributed by atoms with E-state index in [0.29, 0.717) is 17.0 Å². The van der Waals surface area contributed by atoms with E-state index in [1.165, 1.54) is 23.1 Å². The van der Waals surface area contributed by atoms with Gasteiger partial charge in [0.15, 0.2) is 11.8 Å². The van der Waals surface area contributed by atoms with Crippen molar-refractivity contribution in [3.05, 3.63) is 144 Å². The second kappa shape index (κ2) is 15.8. The highest BCUT2D eigenvalue weighted by Crippen LogP contribution is 2.27. The van der Waals surface area contributed by atoms with Crippen molar-refractivity contribution in [2.45, 2.75) is 13.0 Å². The SMILES string of the molecule is C=C/C=C\C(=C/C)N1C(=O)/C(=C/c2ccc(OCC(=O)O)cc2)C(=O)N=C1SCC(=O)NC(c1ccccc1)c1ccccc1. The van der Waals surface area contributed by atoms with Gasteiger partial charge in [-0.1, -0.05) is 109 Å². The van der Waals surface area contributed by atoms with Crippen molar-refractivity contribution in [2.24, 2.45) is 4.99 Å². The lowest BCUT2D eigenvalue weighted by atomic mass is 9.99. The summed E-state index contributed by atoms with van der Waals surface area (Å²) in [4.78, 5) is 56.5. The predicted octanol–water partition coefficient (Wildman–Crippen LogP) is 5.54. The molecule has 3 aromatic rings. The van der Waals surface area contributed by atoms with Crippen molar-refractivity contribution in [2.75, 3.05) is 12.4 Å². The van der Waals surface area contributed by atoms with Crippen molar-refractivity contribution in [3.63, 3.8) is 0 Å². The van der Waals surface area contributed by atoms with Crippen molar-refractivity contribution in [1.82, 2.24) is 10.2 Å². The molecule has 228 valence electrons. The number of rotatable bonds is 12. The summed E-state index contributed by atoms with van der Waals surface area (Å²) >= 11 is 0.979. The van der Waals surface area contributed by atoms with Gasteiger partial charge in [0.25, 0.3) is 11.8 Å². The van der Waals surface area contributed by atoms with Crippen LogP contribution in [0, 0.1) is 0 Å². The number of nitrogens with one attached hydrogen (secondary N) is 1. The van der Waals surface area contributed by atoms with E-state index in [1.54, 1.807) is 43.4 Å². The highest BCUT2D eigenvalue weighted by molar-refractivity contribution is 8.14. The first-order valence-electron chi connectivity index (χ1n) is 13.9. The van der Waals surface area contributed by atoms with Crippen molar-refractivity contribution < 1.29 is 29.0 Å². The largest absolute Gasteiger partial charge is 0.482 e. The number of ether oxygens (including phenoxy) is 1. The van der Waals surface area contributed by atoms with Crippen LogP contribution in [-0.4, -0.2) is 51.2 Å². The average Bonchev–Trinajstić information content (AvgIpc) is 3.06. The maximum Gasteiger partial charge on any atom is 0.341 e. The molecule has 0 bridgehead atoms. The summed E-state index contributed by atoms with van der Waals surface area (Å²) in [6.45, 7) is 4.93. The van der Waals surface area contributed by atoms with Gasteiger partial charge in [-0.3, -0.25) is 19.3 Å². The van der Waals surface area contributed by atoms with Crippen molar-refractivity contribution in [3.8, 4) is 5.75 Å². The second-order valence-corrected chi connectivity index (χ2v) is 10.5. The molecule has 0 aromatic heterocycles. The summed E-state index contributed by atoms with van der Waals surface area (Å²) in [6, 6.07) is 25.0. The van der Waals surface area contributed by atoms with Crippen LogP contribution in [0.5, 0.6) is 5.75 Å². The van der Waals surface area contributed by atoms with Gasteiger partial charge >= 0.3 is 5.97 Å². The minimum atomic E-state index is -1.11. The number of aliphatic carboxylic acids is 1. The van der Waals surface area contributed by atoms with E-state index in [9.17, 15) is 19.2 Å². The van der Waals surface area contributed by atoms with Crippen molar-refractivity contribution in [1.29, 1.82) is 0 Å². The number of amidine groups is 1. The number of thioether (sulfide) groups is 1. The molecular weight excluding hydrogens is 590 g/mol. The molecule has 0 atom stereocenters.